The Morgan fingerprint density at radius 2 is 1.89 bits per heavy atom. The SMILES string of the molecule is CCOc1c(F)c(F)c([N+](=O)[O-])c(C(=O)O)c1F. The summed E-state index contributed by atoms with van der Waals surface area (Å²) in [6.45, 7) is 1.04. The lowest BCUT2D eigenvalue weighted by Gasteiger charge is -2.09. The highest BCUT2D eigenvalue weighted by atomic mass is 19.2. The summed E-state index contributed by atoms with van der Waals surface area (Å²) in [6, 6.07) is 0. The predicted octanol–water partition coefficient (Wildman–Crippen LogP) is 2.11. The zero-order chi connectivity index (χ0) is 14.0. The van der Waals surface area contributed by atoms with E-state index in [4.69, 9.17) is 5.11 Å². The number of halogens is 3. The molecule has 1 N–H and O–H groups in total. The molecule has 0 fully saturated rings. The number of hydrogen-bond donors (Lipinski definition) is 1. The van der Waals surface area contributed by atoms with Crippen LogP contribution in [0.2, 0.25) is 0 Å². The number of carboxylic acid groups (broad SMARTS) is 1. The van der Waals surface area contributed by atoms with E-state index in [-0.39, 0.29) is 6.61 Å². The zero-order valence-corrected chi connectivity index (χ0v) is 8.87. The van der Waals surface area contributed by atoms with Crippen LogP contribution in [0.5, 0.6) is 5.75 Å². The largest absolute Gasteiger partial charge is 0.488 e. The molecular weight excluding hydrogens is 259 g/mol. The highest BCUT2D eigenvalue weighted by molar-refractivity contribution is 5.93. The summed E-state index contributed by atoms with van der Waals surface area (Å²) >= 11 is 0. The average molecular weight is 265 g/mol. The Hall–Kier alpha value is -2.32. The summed E-state index contributed by atoms with van der Waals surface area (Å²) in [7, 11) is 0. The van der Waals surface area contributed by atoms with Crippen LogP contribution in [0.4, 0.5) is 18.9 Å². The minimum Gasteiger partial charge on any atom is -0.488 e. The lowest BCUT2D eigenvalue weighted by molar-refractivity contribution is -0.388. The minimum atomic E-state index is -2.10. The van der Waals surface area contributed by atoms with E-state index in [1.165, 1.54) is 6.92 Å². The molecule has 98 valence electrons. The van der Waals surface area contributed by atoms with Gasteiger partial charge in [-0.2, -0.15) is 8.78 Å². The van der Waals surface area contributed by atoms with Crippen molar-refractivity contribution in [1.82, 2.24) is 0 Å². The Bertz CT molecular complexity index is 532. The van der Waals surface area contributed by atoms with Crippen LogP contribution in [0.15, 0.2) is 0 Å². The maximum atomic E-state index is 13.6. The molecule has 1 rings (SSSR count). The Morgan fingerprint density at radius 3 is 2.28 bits per heavy atom. The lowest BCUT2D eigenvalue weighted by Crippen LogP contribution is -2.12. The Labute approximate surface area is 97.7 Å². The number of nitrogens with zero attached hydrogens (tertiary/aromatic N) is 1. The van der Waals surface area contributed by atoms with Gasteiger partial charge in [0, 0.05) is 0 Å². The van der Waals surface area contributed by atoms with Gasteiger partial charge >= 0.3 is 11.7 Å². The Balaban J connectivity index is 3.76. The molecule has 0 radical (unpaired) electrons. The topological polar surface area (TPSA) is 89.7 Å². The molecule has 0 aromatic heterocycles. The van der Waals surface area contributed by atoms with Crippen molar-refractivity contribution in [3.8, 4) is 5.75 Å². The van der Waals surface area contributed by atoms with Gasteiger partial charge in [-0.25, -0.2) is 9.18 Å². The molecule has 0 amide bonds. The second kappa shape index (κ2) is 4.90. The van der Waals surface area contributed by atoms with Gasteiger partial charge in [-0.15, -0.1) is 0 Å². The molecule has 18 heavy (non-hydrogen) atoms. The van der Waals surface area contributed by atoms with E-state index in [1.54, 1.807) is 0 Å². The first kappa shape index (κ1) is 13.7. The standard InChI is InChI=1S/C9H6F3NO5/c1-2-18-8-4(10)3(9(14)15)7(13(16)17)5(11)6(8)12/h2H2,1H3,(H,14,15). The van der Waals surface area contributed by atoms with Crippen molar-refractivity contribution < 1.29 is 32.7 Å². The first-order valence-electron chi connectivity index (χ1n) is 4.53. The molecule has 6 nitrogen and oxygen atoms in total. The summed E-state index contributed by atoms with van der Waals surface area (Å²) < 4.78 is 44.5. The lowest BCUT2D eigenvalue weighted by atomic mass is 10.1. The molecule has 0 aliphatic heterocycles. The highest BCUT2D eigenvalue weighted by Gasteiger charge is 2.36. The molecule has 1 aromatic rings. The molecular formula is C9H6F3NO5. The molecule has 0 spiro atoms. The maximum Gasteiger partial charge on any atom is 0.346 e. The zero-order valence-electron chi connectivity index (χ0n) is 8.87. The van der Waals surface area contributed by atoms with Crippen LogP contribution in [0, 0.1) is 27.6 Å². The second-order valence-corrected chi connectivity index (χ2v) is 2.99. The number of benzene rings is 1. The van der Waals surface area contributed by atoms with Crippen LogP contribution in [0.1, 0.15) is 17.3 Å². The van der Waals surface area contributed by atoms with Gasteiger partial charge in [0.25, 0.3) is 0 Å². The molecule has 0 aliphatic rings. The number of carboxylic acids is 1. The van der Waals surface area contributed by atoms with E-state index in [1.807, 2.05) is 0 Å². The van der Waals surface area contributed by atoms with Gasteiger partial charge in [0.1, 0.15) is 0 Å². The van der Waals surface area contributed by atoms with E-state index >= 15 is 0 Å². The fourth-order valence-electron chi connectivity index (χ4n) is 1.26. The number of nitro benzene ring substituents is 1. The predicted molar refractivity (Wildman–Crippen MR) is 51.1 cm³/mol. The van der Waals surface area contributed by atoms with Gasteiger partial charge in [-0.1, -0.05) is 0 Å². The maximum absolute atomic E-state index is 13.6. The fraction of sp³-hybridized carbons (Fsp3) is 0.222. The average Bonchev–Trinajstić information content (AvgIpc) is 2.27. The van der Waals surface area contributed by atoms with Gasteiger partial charge in [-0.05, 0) is 6.92 Å². The van der Waals surface area contributed by atoms with Crippen LogP contribution >= 0.6 is 0 Å². The molecule has 0 saturated heterocycles. The van der Waals surface area contributed by atoms with Crippen LogP contribution in [-0.2, 0) is 0 Å². The summed E-state index contributed by atoms with van der Waals surface area (Å²) in [5.74, 6) is -9.24. The number of ether oxygens (including phenoxy) is 1. The first-order valence-corrected chi connectivity index (χ1v) is 4.53. The van der Waals surface area contributed by atoms with Crippen molar-refractivity contribution in [3.63, 3.8) is 0 Å². The van der Waals surface area contributed by atoms with E-state index in [0.29, 0.717) is 0 Å². The van der Waals surface area contributed by atoms with Crippen molar-refractivity contribution in [3.05, 3.63) is 33.1 Å². The third-order valence-electron chi connectivity index (χ3n) is 1.94. The van der Waals surface area contributed by atoms with Crippen LogP contribution in [0.3, 0.4) is 0 Å². The fourth-order valence-corrected chi connectivity index (χ4v) is 1.26. The molecule has 0 heterocycles. The van der Waals surface area contributed by atoms with Gasteiger partial charge in [0.2, 0.25) is 11.6 Å². The van der Waals surface area contributed by atoms with E-state index in [9.17, 15) is 28.1 Å². The van der Waals surface area contributed by atoms with Crippen molar-refractivity contribution >= 4 is 11.7 Å². The minimum absolute atomic E-state index is 0.274. The van der Waals surface area contributed by atoms with Crippen molar-refractivity contribution in [2.45, 2.75) is 6.92 Å². The molecule has 9 heteroatoms. The highest BCUT2D eigenvalue weighted by Crippen LogP contribution is 2.35. The third-order valence-corrected chi connectivity index (χ3v) is 1.94. The van der Waals surface area contributed by atoms with Gasteiger partial charge in [-0.3, -0.25) is 10.1 Å². The monoisotopic (exact) mass is 265 g/mol. The molecule has 0 saturated carbocycles. The first-order chi connectivity index (χ1) is 8.32. The van der Waals surface area contributed by atoms with Gasteiger partial charge < -0.3 is 9.84 Å². The normalized spacial score (nSPS) is 10.2. The Kier molecular flexibility index (Phi) is 3.74. The second-order valence-electron chi connectivity index (χ2n) is 2.99. The van der Waals surface area contributed by atoms with Crippen molar-refractivity contribution in [2.24, 2.45) is 0 Å². The number of rotatable bonds is 4. The van der Waals surface area contributed by atoms with Gasteiger partial charge in [0.05, 0.1) is 11.5 Å². The summed E-state index contributed by atoms with van der Waals surface area (Å²) in [5.41, 5.74) is -3.36. The van der Waals surface area contributed by atoms with E-state index in [0.717, 1.165) is 0 Å². The number of hydrogen-bond acceptors (Lipinski definition) is 4. The van der Waals surface area contributed by atoms with Gasteiger partial charge in [0.15, 0.2) is 17.1 Å². The summed E-state index contributed by atoms with van der Waals surface area (Å²) in [4.78, 5) is 19.6. The molecule has 1 aromatic carbocycles. The van der Waals surface area contributed by atoms with Crippen LogP contribution in [0.25, 0.3) is 0 Å². The van der Waals surface area contributed by atoms with Crippen molar-refractivity contribution in [2.75, 3.05) is 6.61 Å². The molecule has 0 bridgehead atoms. The quantitative estimate of drug-likeness (QED) is 0.511. The smallest absolute Gasteiger partial charge is 0.346 e. The third kappa shape index (κ3) is 2.06. The van der Waals surface area contributed by atoms with Crippen LogP contribution in [-0.4, -0.2) is 22.6 Å². The van der Waals surface area contributed by atoms with E-state index in [2.05, 4.69) is 4.74 Å². The van der Waals surface area contributed by atoms with Crippen LogP contribution < -0.4 is 4.74 Å². The summed E-state index contributed by atoms with van der Waals surface area (Å²) in [6.07, 6.45) is 0. The number of aromatic carboxylic acids is 1. The Morgan fingerprint density at radius 1 is 1.33 bits per heavy atom. The van der Waals surface area contributed by atoms with Crippen molar-refractivity contribution in [1.29, 1.82) is 0 Å². The molecule has 0 atom stereocenters. The molecule has 0 aliphatic carbocycles. The number of carbonyl (C=O) groups is 1. The van der Waals surface area contributed by atoms with E-state index < -0.39 is 45.3 Å². The summed E-state index contributed by atoms with van der Waals surface area (Å²) in [5, 5.41) is 19.1. The molecule has 0 unspecified atom stereocenters. The number of nitro groups is 1.